The SMILES string of the molecule is O=C(Nc1cnsc1N1CC2CCC(C1)N2)c1csc(-c2c(F)cccc2F)n1. The fraction of sp³-hybridized carbons (Fsp3) is 0.316. The van der Waals surface area contributed by atoms with Crippen LogP contribution in [0.15, 0.2) is 29.8 Å². The molecule has 29 heavy (non-hydrogen) atoms. The zero-order valence-electron chi connectivity index (χ0n) is 15.2. The van der Waals surface area contributed by atoms with Gasteiger partial charge in [0.2, 0.25) is 0 Å². The number of nitrogens with zero attached hydrogens (tertiary/aromatic N) is 3. The summed E-state index contributed by atoms with van der Waals surface area (Å²) >= 11 is 2.38. The van der Waals surface area contributed by atoms with Crippen molar-refractivity contribution in [1.29, 1.82) is 0 Å². The van der Waals surface area contributed by atoms with Crippen LogP contribution >= 0.6 is 22.9 Å². The predicted octanol–water partition coefficient (Wildman–Crippen LogP) is 3.74. The third-order valence-corrected chi connectivity index (χ3v) is 6.94. The first kappa shape index (κ1) is 18.6. The lowest BCUT2D eigenvalue weighted by Gasteiger charge is -2.33. The third kappa shape index (κ3) is 3.52. The van der Waals surface area contributed by atoms with E-state index in [4.69, 9.17) is 0 Å². The standard InChI is InChI=1S/C19H17F2N5OS2/c20-12-2-1-3-13(21)16(12)18-25-15(9-28-18)17(27)24-14-6-22-29-19(14)26-7-10-4-5-11(8-26)23-10/h1-3,6,9-11,23H,4-5,7-8H2,(H,24,27). The van der Waals surface area contributed by atoms with Gasteiger partial charge in [0.1, 0.15) is 27.3 Å². The predicted molar refractivity (Wildman–Crippen MR) is 110 cm³/mol. The van der Waals surface area contributed by atoms with Gasteiger partial charge in [0.25, 0.3) is 5.91 Å². The van der Waals surface area contributed by atoms with Crippen LogP contribution in [-0.2, 0) is 0 Å². The number of anilines is 2. The number of hydrogen-bond acceptors (Lipinski definition) is 7. The van der Waals surface area contributed by atoms with Gasteiger partial charge in [0.05, 0.1) is 17.4 Å². The van der Waals surface area contributed by atoms with Crippen LogP contribution in [0.4, 0.5) is 19.5 Å². The highest BCUT2D eigenvalue weighted by atomic mass is 32.1. The highest BCUT2D eigenvalue weighted by Gasteiger charge is 2.34. The lowest BCUT2D eigenvalue weighted by Crippen LogP contribution is -2.51. The number of amides is 1. The van der Waals surface area contributed by atoms with E-state index in [0.717, 1.165) is 42.3 Å². The topological polar surface area (TPSA) is 70.2 Å². The van der Waals surface area contributed by atoms with Gasteiger partial charge in [-0.1, -0.05) is 6.07 Å². The molecule has 5 rings (SSSR count). The molecule has 2 aliphatic rings. The summed E-state index contributed by atoms with van der Waals surface area (Å²) in [6, 6.07) is 4.57. The van der Waals surface area contributed by atoms with Gasteiger partial charge in [-0.2, -0.15) is 4.37 Å². The summed E-state index contributed by atoms with van der Waals surface area (Å²) in [5.74, 6) is -1.84. The Morgan fingerprint density at radius 1 is 1.21 bits per heavy atom. The van der Waals surface area contributed by atoms with E-state index in [1.54, 1.807) is 6.20 Å². The van der Waals surface area contributed by atoms with Crippen molar-refractivity contribution in [3.63, 3.8) is 0 Å². The van der Waals surface area contributed by atoms with Gasteiger partial charge < -0.3 is 15.5 Å². The zero-order chi connectivity index (χ0) is 20.0. The minimum Gasteiger partial charge on any atom is -0.357 e. The minimum atomic E-state index is -0.705. The van der Waals surface area contributed by atoms with Gasteiger partial charge in [-0.25, -0.2) is 13.8 Å². The molecule has 2 N–H and O–H groups in total. The number of aromatic nitrogens is 2. The molecule has 0 radical (unpaired) electrons. The second-order valence-corrected chi connectivity index (χ2v) is 8.81. The monoisotopic (exact) mass is 433 g/mol. The summed E-state index contributed by atoms with van der Waals surface area (Å²) < 4.78 is 32.2. The fourth-order valence-electron chi connectivity index (χ4n) is 3.89. The molecule has 2 aliphatic heterocycles. The van der Waals surface area contributed by atoms with E-state index in [-0.39, 0.29) is 16.3 Å². The maximum absolute atomic E-state index is 14.0. The van der Waals surface area contributed by atoms with Gasteiger partial charge >= 0.3 is 0 Å². The number of fused-ring (bicyclic) bond motifs is 2. The van der Waals surface area contributed by atoms with Crippen molar-refractivity contribution in [3.05, 3.63) is 47.1 Å². The van der Waals surface area contributed by atoms with Crippen molar-refractivity contribution < 1.29 is 13.6 Å². The Morgan fingerprint density at radius 3 is 2.66 bits per heavy atom. The van der Waals surface area contributed by atoms with Crippen LogP contribution in [0.1, 0.15) is 23.3 Å². The molecule has 3 aromatic rings. The normalized spacial score (nSPS) is 20.8. The van der Waals surface area contributed by atoms with Crippen LogP contribution < -0.4 is 15.5 Å². The lowest BCUT2D eigenvalue weighted by molar-refractivity contribution is 0.102. The average molecular weight is 434 g/mol. The number of rotatable bonds is 4. The number of piperazine rings is 1. The van der Waals surface area contributed by atoms with Crippen molar-refractivity contribution in [2.24, 2.45) is 0 Å². The van der Waals surface area contributed by atoms with E-state index >= 15 is 0 Å². The number of hydrogen-bond donors (Lipinski definition) is 2. The largest absolute Gasteiger partial charge is 0.357 e. The van der Waals surface area contributed by atoms with E-state index < -0.39 is 17.5 Å². The van der Waals surface area contributed by atoms with Crippen molar-refractivity contribution in [1.82, 2.24) is 14.7 Å². The molecule has 2 atom stereocenters. The van der Waals surface area contributed by atoms with Crippen molar-refractivity contribution in [2.75, 3.05) is 23.3 Å². The Labute approximate surface area is 173 Å². The maximum Gasteiger partial charge on any atom is 0.275 e. The van der Waals surface area contributed by atoms with Gasteiger partial charge in [0.15, 0.2) is 0 Å². The molecular weight excluding hydrogens is 416 g/mol. The maximum atomic E-state index is 14.0. The molecule has 0 saturated carbocycles. The molecular formula is C19H17F2N5OS2. The van der Waals surface area contributed by atoms with E-state index in [9.17, 15) is 13.6 Å². The molecule has 1 aromatic carbocycles. The molecule has 2 saturated heterocycles. The van der Waals surface area contributed by atoms with Crippen molar-refractivity contribution in [3.8, 4) is 10.6 Å². The van der Waals surface area contributed by atoms with E-state index in [1.807, 2.05) is 0 Å². The Kier molecular flexibility index (Phi) is 4.76. The number of nitrogens with one attached hydrogen (secondary N) is 2. The summed E-state index contributed by atoms with van der Waals surface area (Å²) in [6.07, 6.45) is 3.96. The molecule has 0 spiro atoms. The van der Waals surface area contributed by atoms with Crippen LogP contribution in [0.3, 0.4) is 0 Å². The van der Waals surface area contributed by atoms with Gasteiger partial charge in [-0.15, -0.1) is 11.3 Å². The highest BCUT2D eigenvalue weighted by molar-refractivity contribution is 7.13. The van der Waals surface area contributed by atoms with Gasteiger partial charge in [-0.3, -0.25) is 4.79 Å². The first-order chi connectivity index (χ1) is 14.1. The second-order valence-electron chi connectivity index (χ2n) is 7.18. The minimum absolute atomic E-state index is 0.116. The van der Waals surface area contributed by atoms with Crippen LogP contribution in [0.2, 0.25) is 0 Å². The molecule has 1 amide bonds. The fourth-order valence-corrected chi connectivity index (χ4v) is 5.46. The summed E-state index contributed by atoms with van der Waals surface area (Å²) in [7, 11) is 0. The summed E-state index contributed by atoms with van der Waals surface area (Å²) in [5, 5.41) is 8.99. The lowest BCUT2D eigenvalue weighted by atomic mass is 10.2. The first-order valence-electron chi connectivity index (χ1n) is 9.25. The molecule has 2 unspecified atom stereocenters. The van der Waals surface area contributed by atoms with Crippen LogP contribution in [-0.4, -0.2) is 40.4 Å². The molecule has 4 heterocycles. The molecule has 2 bridgehead atoms. The Hall–Kier alpha value is -2.43. The van der Waals surface area contributed by atoms with Crippen LogP contribution in [0.5, 0.6) is 0 Å². The van der Waals surface area contributed by atoms with E-state index in [1.165, 1.54) is 35.1 Å². The summed E-state index contributed by atoms with van der Waals surface area (Å²) in [4.78, 5) is 19.1. The number of benzene rings is 1. The highest BCUT2D eigenvalue weighted by Crippen LogP contribution is 2.35. The van der Waals surface area contributed by atoms with Gasteiger partial charge in [-0.05, 0) is 36.5 Å². The van der Waals surface area contributed by atoms with Crippen LogP contribution in [0.25, 0.3) is 10.6 Å². The zero-order valence-corrected chi connectivity index (χ0v) is 16.8. The third-order valence-electron chi connectivity index (χ3n) is 5.22. The number of halogens is 2. The number of carbonyl (C=O) groups is 1. The van der Waals surface area contributed by atoms with Crippen molar-refractivity contribution in [2.45, 2.75) is 24.9 Å². The Bertz CT molecular complexity index is 1040. The molecule has 150 valence electrons. The smallest absolute Gasteiger partial charge is 0.275 e. The quantitative estimate of drug-likeness (QED) is 0.656. The number of carbonyl (C=O) groups excluding carboxylic acids is 1. The Morgan fingerprint density at radius 2 is 1.93 bits per heavy atom. The molecule has 6 nitrogen and oxygen atoms in total. The number of thiazole rings is 1. The molecule has 2 fully saturated rings. The van der Waals surface area contributed by atoms with Crippen molar-refractivity contribution >= 4 is 39.5 Å². The van der Waals surface area contributed by atoms with Crippen LogP contribution in [0, 0.1) is 11.6 Å². The molecule has 10 heteroatoms. The van der Waals surface area contributed by atoms with E-state index in [0.29, 0.717) is 17.8 Å². The summed E-state index contributed by atoms with van der Waals surface area (Å²) in [6.45, 7) is 1.77. The molecule has 2 aromatic heterocycles. The molecule has 0 aliphatic carbocycles. The van der Waals surface area contributed by atoms with Gasteiger partial charge in [0, 0.05) is 30.6 Å². The first-order valence-corrected chi connectivity index (χ1v) is 10.9. The average Bonchev–Trinajstić information content (AvgIpc) is 3.42. The summed E-state index contributed by atoms with van der Waals surface area (Å²) in [5.41, 5.74) is 0.531. The second kappa shape index (κ2) is 7.43. The Balaban J connectivity index is 1.35. The van der Waals surface area contributed by atoms with E-state index in [2.05, 4.69) is 24.9 Å².